The standard InChI is InChI=1S/C11H11N3O4S/c1-4-7-9(19-8(4)11(17)18)13-5(2)14(10(7)16)3-6(12)15/h3H2,1-2H3,(H2,12,15)(H,17,18). The van der Waals surface area contributed by atoms with E-state index in [1.54, 1.807) is 13.8 Å². The molecule has 19 heavy (non-hydrogen) atoms. The third kappa shape index (κ3) is 2.10. The SMILES string of the molecule is Cc1c(C(=O)O)sc2nc(C)n(CC(N)=O)c(=O)c12. The van der Waals surface area contributed by atoms with Crippen LogP contribution in [-0.4, -0.2) is 26.5 Å². The minimum atomic E-state index is -1.10. The summed E-state index contributed by atoms with van der Waals surface area (Å²) in [6.07, 6.45) is 0. The number of carbonyl (C=O) groups excluding carboxylic acids is 1. The zero-order valence-electron chi connectivity index (χ0n) is 10.3. The van der Waals surface area contributed by atoms with E-state index in [-0.39, 0.29) is 16.8 Å². The van der Waals surface area contributed by atoms with E-state index < -0.39 is 17.4 Å². The smallest absolute Gasteiger partial charge is 0.346 e. The van der Waals surface area contributed by atoms with E-state index in [4.69, 9.17) is 10.8 Å². The lowest BCUT2D eigenvalue weighted by atomic mass is 10.2. The van der Waals surface area contributed by atoms with Crippen LogP contribution in [-0.2, 0) is 11.3 Å². The van der Waals surface area contributed by atoms with Crippen molar-refractivity contribution in [2.24, 2.45) is 5.73 Å². The molecule has 2 aromatic heterocycles. The Balaban J connectivity index is 2.83. The molecule has 0 unspecified atom stereocenters. The third-order valence-electron chi connectivity index (χ3n) is 2.75. The molecule has 2 aromatic rings. The van der Waals surface area contributed by atoms with Gasteiger partial charge in [-0.25, -0.2) is 9.78 Å². The van der Waals surface area contributed by atoms with Gasteiger partial charge in [-0.1, -0.05) is 0 Å². The summed E-state index contributed by atoms with van der Waals surface area (Å²) in [6.45, 7) is 2.85. The Morgan fingerprint density at radius 3 is 2.58 bits per heavy atom. The highest BCUT2D eigenvalue weighted by Crippen LogP contribution is 2.27. The largest absolute Gasteiger partial charge is 0.477 e. The lowest BCUT2D eigenvalue weighted by Crippen LogP contribution is -2.30. The van der Waals surface area contributed by atoms with Crippen LogP contribution in [0.3, 0.4) is 0 Å². The molecule has 0 aliphatic carbocycles. The molecule has 0 aromatic carbocycles. The van der Waals surface area contributed by atoms with Crippen LogP contribution < -0.4 is 11.3 Å². The highest BCUT2D eigenvalue weighted by atomic mass is 32.1. The van der Waals surface area contributed by atoms with E-state index in [9.17, 15) is 14.4 Å². The van der Waals surface area contributed by atoms with Gasteiger partial charge in [0, 0.05) is 0 Å². The fourth-order valence-corrected chi connectivity index (χ4v) is 2.92. The maximum absolute atomic E-state index is 12.3. The zero-order chi connectivity index (χ0) is 14.3. The summed E-state index contributed by atoms with van der Waals surface area (Å²) in [5.41, 5.74) is 5.00. The molecule has 0 saturated heterocycles. The fourth-order valence-electron chi connectivity index (χ4n) is 1.86. The number of rotatable bonds is 3. The second-order valence-electron chi connectivity index (χ2n) is 4.06. The van der Waals surface area contributed by atoms with Crippen molar-refractivity contribution >= 4 is 33.4 Å². The van der Waals surface area contributed by atoms with Crippen molar-refractivity contribution in [2.45, 2.75) is 20.4 Å². The summed E-state index contributed by atoms with van der Waals surface area (Å²) in [6, 6.07) is 0. The monoisotopic (exact) mass is 281 g/mol. The number of hydrogen-bond acceptors (Lipinski definition) is 5. The van der Waals surface area contributed by atoms with Crippen LogP contribution in [0, 0.1) is 13.8 Å². The Hall–Kier alpha value is -2.22. The number of hydrogen-bond donors (Lipinski definition) is 2. The molecule has 100 valence electrons. The molecular weight excluding hydrogens is 270 g/mol. The van der Waals surface area contributed by atoms with Gasteiger partial charge in [-0.3, -0.25) is 14.2 Å². The Labute approximate surface area is 111 Å². The van der Waals surface area contributed by atoms with Crippen molar-refractivity contribution in [2.75, 3.05) is 0 Å². The third-order valence-corrected chi connectivity index (χ3v) is 3.92. The number of amides is 1. The predicted molar refractivity (Wildman–Crippen MR) is 69.5 cm³/mol. The molecule has 2 rings (SSSR count). The molecule has 0 fully saturated rings. The summed E-state index contributed by atoms with van der Waals surface area (Å²) in [5.74, 6) is -1.42. The van der Waals surface area contributed by atoms with E-state index in [0.717, 1.165) is 15.9 Å². The van der Waals surface area contributed by atoms with Crippen LogP contribution in [0.4, 0.5) is 0 Å². The highest BCUT2D eigenvalue weighted by molar-refractivity contribution is 7.20. The van der Waals surface area contributed by atoms with Gasteiger partial charge in [-0.05, 0) is 19.4 Å². The second kappa shape index (κ2) is 4.47. The first-order chi connectivity index (χ1) is 8.82. The van der Waals surface area contributed by atoms with Crippen LogP contribution in [0.1, 0.15) is 21.1 Å². The summed E-state index contributed by atoms with van der Waals surface area (Å²) in [5, 5.41) is 9.27. The van der Waals surface area contributed by atoms with Crippen molar-refractivity contribution < 1.29 is 14.7 Å². The predicted octanol–water partition coefficient (Wildman–Crippen LogP) is 0.258. The van der Waals surface area contributed by atoms with Crippen molar-refractivity contribution in [3.05, 3.63) is 26.6 Å². The normalized spacial score (nSPS) is 10.8. The average Bonchev–Trinajstić information content (AvgIpc) is 2.61. The maximum atomic E-state index is 12.3. The molecule has 0 saturated carbocycles. The number of aromatic nitrogens is 2. The molecule has 1 amide bonds. The lowest BCUT2D eigenvalue weighted by molar-refractivity contribution is -0.118. The molecule has 0 bridgehead atoms. The minimum absolute atomic E-state index is 0.0795. The Kier molecular flexibility index (Phi) is 3.11. The number of primary amides is 1. The van der Waals surface area contributed by atoms with Gasteiger partial charge in [0.25, 0.3) is 5.56 Å². The second-order valence-corrected chi connectivity index (χ2v) is 5.06. The molecule has 3 N–H and O–H groups in total. The number of thiophene rings is 1. The van der Waals surface area contributed by atoms with Crippen LogP contribution in [0.5, 0.6) is 0 Å². The Morgan fingerprint density at radius 2 is 2.05 bits per heavy atom. The summed E-state index contributed by atoms with van der Waals surface area (Å²) in [7, 11) is 0. The highest BCUT2D eigenvalue weighted by Gasteiger charge is 2.20. The van der Waals surface area contributed by atoms with Gasteiger partial charge in [-0.2, -0.15) is 0 Å². The summed E-state index contributed by atoms with van der Waals surface area (Å²) < 4.78 is 1.15. The molecular formula is C11H11N3O4S. The van der Waals surface area contributed by atoms with Gasteiger partial charge in [0.05, 0.1) is 5.39 Å². The van der Waals surface area contributed by atoms with Gasteiger partial charge in [0.1, 0.15) is 22.1 Å². The number of nitrogens with two attached hydrogens (primary N) is 1. The van der Waals surface area contributed by atoms with Gasteiger partial charge >= 0.3 is 5.97 Å². The lowest BCUT2D eigenvalue weighted by Gasteiger charge is -2.06. The van der Waals surface area contributed by atoms with E-state index in [1.165, 1.54) is 0 Å². The first-order valence-corrected chi connectivity index (χ1v) is 6.16. The molecule has 0 spiro atoms. The number of aromatic carboxylic acids is 1. The molecule has 0 atom stereocenters. The topological polar surface area (TPSA) is 115 Å². The van der Waals surface area contributed by atoms with E-state index >= 15 is 0 Å². The molecule has 0 aliphatic rings. The quantitative estimate of drug-likeness (QED) is 0.837. The van der Waals surface area contributed by atoms with E-state index in [2.05, 4.69) is 4.98 Å². The summed E-state index contributed by atoms with van der Waals surface area (Å²) in [4.78, 5) is 38.9. The fraction of sp³-hybridized carbons (Fsp3) is 0.273. The molecule has 0 aliphatic heterocycles. The van der Waals surface area contributed by atoms with Crippen LogP contribution in [0.2, 0.25) is 0 Å². The van der Waals surface area contributed by atoms with Gasteiger partial charge < -0.3 is 10.8 Å². The molecule has 2 heterocycles. The van der Waals surface area contributed by atoms with Gasteiger partial charge in [-0.15, -0.1) is 11.3 Å². The van der Waals surface area contributed by atoms with Gasteiger partial charge in [0.2, 0.25) is 5.91 Å². The molecule has 0 radical (unpaired) electrons. The van der Waals surface area contributed by atoms with Crippen LogP contribution in [0.25, 0.3) is 10.2 Å². The molecule has 7 nitrogen and oxygen atoms in total. The summed E-state index contributed by atoms with van der Waals surface area (Å²) >= 11 is 0.948. The van der Waals surface area contributed by atoms with E-state index in [1.807, 2.05) is 0 Å². The van der Waals surface area contributed by atoms with E-state index in [0.29, 0.717) is 16.2 Å². The Morgan fingerprint density at radius 1 is 1.42 bits per heavy atom. The van der Waals surface area contributed by atoms with Crippen molar-refractivity contribution in [1.29, 1.82) is 0 Å². The number of aryl methyl sites for hydroxylation is 2. The first-order valence-electron chi connectivity index (χ1n) is 5.35. The number of carbonyl (C=O) groups is 2. The van der Waals surface area contributed by atoms with Crippen molar-refractivity contribution in [3.63, 3.8) is 0 Å². The van der Waals surface area contributed by atoms with Crippen LogP contribution >= 0.6 is 11.3 Å². The van der Waals surface area contributed by atoms with Crippen molar-refractivity contribution in [3.8, 4) is 0 Å². The number of carboxylic acid groups (broad SMARTS) is 1. The van der Waals surface area contributed by atoms with Gasteiger partial charge in [0.15, 0.2) is 0 Å². The maximum Gasteiger partial charge on any atom is 0.346 e. The minimum Gasteiger partial charge on any atom is -0.477 e. The first kappa shape index (κ1) is 13.2. The number of fused-ring (bicyclic) bond motifs is 1. The Bertz CT molecular complexity index is 759. The zero-order valence-corrected chi connectivity index (χ0v) is 11.1. The average molecular weight is 281 g/mol. The van der Waals surface area contributed by atoms with Crippen LogP contribution in [0.15, 0.2) is 4.79 Å². The number of carboxylic acids is 1. The molecule has 8 heteroatoms. The number of nitrogens with zero attached hydrogens (tertiary/aromatic N) is 2. The van der Waals surface area contributed by atoms with Crippen molar-refractivity contribution in [1.82, 2.24) is 9.55 Å².